The van der Waals surface area contributed by atoms with Crippen LogP contribution in [0.4, 0.5) is 0 Å². The van der Waals surface area contributed by atoms with Crippen LogP contribution in [0.5, 0.6) is 11.5 Å². The van der Waals surface area contributed by atoms with Crippen molar-refractivity contribution in [1.82, 2.24) is 4.90 Å². The second kappa shape index (κ2) is 7.53. The molecule has 24 heavy (non-hydrogen) atoms. The van der Waals surface area contributed by atoms with Crippen LogP contribution in [0.25, 0.3) is 10.8 Å². The van der Waals surface area contributed by atoms with Crippen molar-refractivity contribution in [1.29, 1.82) is 0 Å². The zero-order chi connectivity index (χ0) is 17.9. The number of likely N-dealkylation sites (N-methyl/N-ethyl adjacent to an activating group) is 1. The number of nitrogens with zero attached hydrogens (tertiary/aromatic N) is 1. The first kappa shape index (κ1) is 18.1. The summed E-state index contributed by atoms with van der Waals surface area (Å²) < 4.78 is 16.0. The van der Waals surface area contributed by atoms with Crippen molar-refractivity contribution in [2.75, 3.05) is 34.9 Å². The van der Waals surface area contributed by atoms with Crippen LogP contribution in [0.2, 0.25) is 0 Å². The SMILES string of the molecule is COC(=O)CN(C)C(=O)c1c(OC)ccc2c(Br)c(OC)ccc12. The highest BCUT2D eigenvalue weighted by atomic mass is 79.9. The quantitative estimate of drug-likeness (QED) is 0.728. The molecule has 7 heteroatoms. The molecule has 0 fully saturated rings. The Morgan fingerprint density at radius 3 is 2.17 bits per heavy atom. The third-order valence-corrected chi connectivity index (χ3v) is 4.47. The van der Waals surface area contributed by atoms with Gasteiger partial charge in [0.15, 0.2) is 0 Å². The molecule has 0 aliphatic heterocycles. The summed E-state index contributed by atoms with van der Waals surface area (Å²) in [4.78, 5) is 25.6. The number of fused-ring (bicyclic) bond motifs is 1. The van der Waals surface area contributed by atoms with E-state index in [2.05, 4.69) is 20.7 Å². The van der Waals surface area contributed by atoms with Crippen molar-refractivity contribution >= 4 is 38.6 Å². The Morgan fingerprint density at radius 2 is 1.58 bits per heavy atom. The van der Waals surface area contributed by atoms with Crippen LogP contribution in [-0.4, -0.2) is 51.7 Å². The van der Waals surface area contributed by atoms with Crippen molar-refractivity contribution in [2.24, 2.45) is 0 Å². The molecule has 2 aromatic carbocycles. The van der Waals surface area contributed by atoms with Crippen molar-refractivity contribution in [3.05, 3.63) is 34.3 Å². The Labute approximate surface area is 148 Å². The van der Waals surface area contributed by atoms with Gasteiger partial charge in [0.05, 0.1) is 31.4 Å². The second-order valence-corrected chi connectivity index (χ2v) is 5.85. The molecule has 0 N–H and O–H groups in total. The number of rotatable bonds is 5. The van der Waals surface area contributed by atoms with E-state index in [-0.39, 0.29) is 12.5 Å². The summed E-state index contributed by atoms with van der Waals surface area (Å²) in [6, 6.07) is 7.12. The van der Waals surface area contributed by atoms with Gasteiger partial charge in [-0.3, -0.25) is 9.59 Å². The predicted molar refractivity (Wildman–Crippen MR) is 93.7 cm³/mol. The summed E-state index contributed by atoms with van der Waals surface area (Å²) >= 11 is 3.50. The molecule has 2 aromatic rings. The van der Waals surface area contributed by atoms with Gasteiger partial charge in [-0.05, 0) is 45.6 Å². The molecule has 0 unspecified atom stereocenters. The highest BCUT2D eigenvalue weighted by Crippen LogP contribution is 2.37. The molecular formula is C17H18BrNO5. The Bertz CT molecular complexity index is 790. The van der Waals surface area contributed by atoms with Gasteiger partial charge in [0.1, 0.15) is 18.0 Å². The average molecular weight is 396 g/mol. The van der Waals surface area contributed by atoms with E-state index in [9.17, 15) is 9.59 Å². The van der Waals surface area contributed by atoms with Gasteiger partial charge in [-0.2, -0.15) is 0 Å². The summed E-state index contributed by atoms with van der Waals surface area (Å²) in [7, 11) is 5.89. The number of amides is 1. The molecule has 0 bridgehead atoms. The van der Waals surface area contributed by atoms with E-state index in [0.717, 1.165) is 9.86 Å². The molecule has 2 rings (SSSR count). The van der Waals surface area contributed by atoms with Crippen molar-refractivity contribution < 1.29 is 23.8 Å². The molecule has 0 aromatic heterocycles. The summed E-state index contributed by atoms with van der Waals surface area (Å²) in [6.07, 6.45) is 0. The highest BCUT2D eigenvalue weighted by molar-refractivity contribution is 9.10. The molecule has 0 saturated heterocycles. The van der Waals surface area contributed by atoms with Gasteiger partial charge < -0.3 is 19.1 Å². The summed E-state index contributed by atoms with van der Waals surface area (Å²) in [5, 5.41) is 1.51. The summed E-state index contributed by atoms with van der Waals surface area (Å²) in [5.74, 6) is 0.267. The summed E-state index contributed by atoms with van der Waals surface area (Å²) in [6.45, 7) is -0.147. The smallest absolute Gasteiger partial charge is 0.325 e. The number of ether oxygens (including phenoxy) is 3. The van der Waals surface area contributed by atoms with Crippen molar-refractivity contribution in [3.63, 3.8) is 0 Å². The number of esters is 1. The van der Waals surface area contributed by atoms with Gasteiger partial charge >= 0.3 is 5.97 Å². The molecule has 0 saturated carbocycles. The Balaban J connectivity index is 2.60. The number of hydrogen-bond acceptors (Lipinski definition) is 5. The maximum Gasteiger partial charge on any atom is 0.325 e. The molecule has 0 radical (unpaired) electrons. The molecular weight excluding hydrogens is 378 g/mol. The van der Waals surface area contributed by atoms with Gasteiger partial charge in [-0.1, -0.05) is 0 Å². The minimum Gasteiger partial charge on any atom is -0.496 e. The summed E-state index contributed by atoms with van der Waals surface area (Å²) in [5.41, 5.74) is 0.379. The maximum atomic E-state index is 12.8. The fraction of sp³-hybridized carbons (Fsp3) is 0.294. The lowest BCUT2D eigenvalue weighted by atomic mass is 10.0. The molecule has 0 heterocycles. The number of methoxy groups -OCH3 is 3. The van der Waals surface area contributed by atoms with Crippen LogP contribution >= 0.6 is 15.9 Å². The highest BCUT2D eigenvalue weighted by Gasteiger charge is 2.23. The second-order valence-electron chi connectivity index (χ2n) is 5.06. The monoisotopic (exact) mass is 395 g/mol. The standard InChI is InChI=1S/C17H18BrNO5/c1-19(9-14(20)24-4)17(21)15-10-5-8-13(23-3)16(18)11(10)6-7-12(15)22-2/h5-8H,9H2,1-4H3. The fourth-order valence-corrected chi connectivity index (χ4v) is 3.04. The predicted octanol–water partition coefficient (Wildman–Crippen LogP) is 2.86. The Kier molecular flexibility index (Phi) is 5.66. The Hall–Kier alpha value is -2.28. The van der Waals surface area contributed by atoms with Gasteiger partial charge in [-0.15, -0.1) is 0 Å². The number of benzene rings is 2. The normalized spacial score (nSPS) is 10.4. The first-order chi connectivity index (χ1) is 11.4. The largest absolute Gasteiger partial charge is 0.496 e. The van der Waals surface area contributed by atoms with Crippen LogP contribution < -0.4 is 9.47 Å². The fourth-order valence-electron chi connectivity index (χ4n) is 2.40. The number of hydrogen-bond donors (Lipinski definition) is 0. The average Bonchev–Trinajstić information content (AvgIpc) is 2.60. The number of carbonyl (C=O) groups is 2. The first-order valence-electron chi connectivity index (χ1n) is 7.10. The van der Waals surface area contributed by atoms with Crippen LogP contribution in [0.3, 0.4) is 0 Å². The molecule has 6 nitrogen and oxygen atoms in total. The molecule has 0 spiro atoms. The zero-order valence-corrected chi connectivity index (χ0v) is 15.5. The van der Waals surface area contributed by atoms with Crippen LogP contribution in [0.1, 0.15) is 10.4 Å². The van der Waals surface area contributed by atoms with Gasteiger partial charge in [0, 0.05) is 12.4 Å². The first-order valence-corrected chi connectivity index (χ1v) is 7.89. The third-order valence-electron chi connectivity index (χ3n) is 3.66. The van der Waals surface area contributed by atoms with E-state index in [1.807, 2.05) is 6.07 Å². The molecule has 0 aliphatic carbocycles. The van der Waals surface area contributed by atoms with Crippen LogP contribution in [0, 0.1) is 0 Å². The van der Waals surface area contributed by atoms with Gasteiger partial charge in [-0.25, -0.2) is 0 Å². The lowest BCUT2D eigenvalue weighted by Gasteiger charge is -2.19. The van der Waals surface area contributed by atoms with Gasteiger partial charge in [0.2, 0.25) is 0 Å². The van der Waals surface area contributed by atoms with E-state index in [4.69, 9.17) is 9.47 Å². The van der Waals surface area contributed by atoms with E-state index >= 15 is 0 Å². The number of halogens is 1. The van der Waals surface area contributed by atoms with Gasteiger partial charge in [0.25, 0.3) is 5.91 Å². The maximum absolute atomic E-state index is 12.8. The van der Waals surface area contributed by atoms with E-state index < -0.39 is 5.97 Å². The van der Waals surface area contributed by atoms with Crippen LogP contribution in [0.15, 0.2) is 28.7 Å². The molecule has 1 amide bonds. The van der Waals surface area contributed by atoms with E-state index in [1.165, 1.54) is 26.2 Å². The Morgan fingerprint density at radius 1 is 1.00 bits per heavy atom. The van der Waals surface area contributed by atoms with E-state index in [0.29, 0.717) is 22.4 Å². The molecule has 0 atom stereocenters. The zero-order valence-electron chi connectivity index (χ0n) is 13.9. The minimum absolute atomic E-state index is 0.147. The lowest BCUT2D eigenvalue weighted by molar-refractivity contribution is -0.141. The topological polar surface area (TPSA) is 65.1 Å². The third kappa shape index (κ3) is 3.31. The van der Waals surface area contributed by atoms with Crippen molar-refractivity contribution in [2.45, 2.75) is 0 Å². The molecule has 128 valence electrons. The minimum atomic E-state index is -0.493. The van der Waals surface area contributed by atoms with Crippen LogP contribution in [-0.2, 0) is 9.53 Å². The van der Waals surface area contributed by atoms with E-state index in [1.54, 1.807) is 25.3 Å². The van der Waals surface area contributed by atoms with Crippen molar-refractivity contribution in [3.8, 4) is 11.5 Å². The number of carbonyl (C=O) groups excluding carboxylic acids is 2. The lowest BCUT2D eigenvalue weighted by Crippen LogP contribution is -2.33. The molecule has 0 aliphatic rings.